The van der Waals surface area contributed by atoms with Crippen molar-refractivity contribution in [1.29, 1.82) is 0 Å². The largest absolute Gasteiger partial charge is 0.369 e. The van der Waals surface area contributed by atoms with E-state index in [4.69, 9.17) is 0 Å². The predicted molar refractivity (Wildman–Crippen MR) is 113 cm³/mol. The van der Waals surface area contributed by atoms with Crippen molar-refractivity contribution in [2.75, 3.05) is 33.1 Å². The molecular formula is C20H23N7O2. The average molecular weight is 393 g/mol. The summed E-state index contributed by atoms with van der Waals surface area (Å²) in [5, 5.41) is 3.83. The molecule has 9 nitrogen and oxygen atoms in total. The van der Waals surface area contributed by atoms with Crippen molar-refractivity contribution in [3.8, 4) is 0 Å². The summed E-state index contributed by atoms with van der Waals surface area (Å²) in [6, 6.07) is 10.5. The predicted octanol–water partition coefficient (Wildman–Crippen LogP) is 1.70. The normalized spacial score (nSPS) is 13.2. The highest BCUT2D eigenvalue weighted by atomic mass is 16.2. The van der Waals surface area contributed by atoms with Gasteiger partial charge in [0.25, 0.3) is 11.8 Å². The number of aliphatic imine (C=N–C) groups is 1. The summed E-state index contributed by atoms with van der Waals surface area (Å²) < 4.78 is 0. The maximum absolute atomic E-state index is 12.9. The fraction of sp³-hybridized carbons (Fsp3) is 0.250. The molecule has 2 aromatic rings. The second-order valence-corrected chi connectivity index (χ2v) is 6.97. The van der Waals surface area contributed by atoms with E-state index in [-0.39, 0.29) is 11.6 Å². The molecule has 2 amide bonds. The van der Waals surface area contributed by atoms with Gasteiger partial charge in [-0.15, -0.1) is 0 Å². The number of amides is 2. The summed E-state index contributed by atoms with van der Waals surface area (Å²) in [7, 11) is 7.35. The fourth-order valence-corrected chi connectivity index (χ4v) is 2.70. The molecule has 0 bridgehead atoms. The summed E-state index contributed by atoms with van der Waals surface area (Å²) in [4.78, 5) is 38.9. The van der Waals surface area contributed by atoms with Gasteiger partial charge in [-0.1, -0.05) is 12.1 Å². The first-order valence-corrected chi connectivity index (χ1v) is 8.97. The van der Waals surface area contributed by atoms with Crippen LogP contribution in [0.2, 0.25) is 0 Å². The number of fused-ring (bicyclic) bond motifs is 1. The van der Waals surface area contributed by atoms with Gasteiger partial charge in [0.05, 0.1) is 18.6 Å². The first-order valence-electron chi connectivity index (χ1n) is 8.97. The SMILES string of the molecule is CN(C)C=Nc1ccc2c(c1)C(=O)N(c1cccc(C(=O)N/N=C/N(C)C)n1)C2. The van der Waals surface area contributed by atoms with Gasteiger partial charge in [-0.25, -0.2) is 15.4 Å². The lowest BCUT2D eigenvalue weighted by atomic mass is 10.1. The van der Waals surface area contributed by atoms with Gasteiger partial charge in [-0.05, 0) is 29.8 Å². The molecule has 3 rings (SSSR count). The first-order chi connectivity index (χ1) is 13.8. The van der Waals surface area contributed by atoms with Gasteiger partial charge in [0.1, 0.15) is 17.9 Å². The molecule has 2 heterocycles. The van der Waals surface area contributed by atoms with Crippen LogP contribution in [0.5, 0.6) is 0 Å². The Bertz CT molecular complexity index is 983. The summed E-state index contributed by atoms with van der Waals surface area (Å²) in [5.74, 6) is -0.208. The number of benzene rings is 1. The Morgan fingerprint density at radius 2 is 1.90 bits per heavy atom. The third-order valence-corrected chi connectivity index (χ3v) is 4.03. The van der Waals surface area contributed by atoms with Gasteiger partial charge in [0, 0.05) is 33.8 Å². The molecule has 1 aliphatic rings. The summed E-state index contributed by atoms with van der Waals surface area (Å²) in [5.41, 5.74) is 4.77. The minimum Gasteiger partial charge on any atom is -0.369 e. The molecule has 9 heteroatoms. The lowest BCUT2D eigenvalue weighted by molar-refractivity contribution is 0.0946. The van der Waals surface area contributed by atoms with Crippen LogP contribution >= 0.6 is 0 Å². The van der Waals surface area contributed by atoms with Crippen molar-refractivity contribution >= 4 is 36.0 Å². The van der Waals surface area contributed by atoms with E-state index >= 15 is 0 Å². The van der Waals surface area contributed by atoms with E-state index in [0.29, 0.717) is 23.6 Å². The molecule has 1 aliphatic heterocycles. The number of hydrogen-bond donors (Lipinski definition) is 1. The fourth-order valence-electron chi connectivity index (χ4n) is 2.70. The lowest BCUT2D eigenvalue weighted by Gasteiger charge is -2.15. The Morgan fingerprint density at radius 3 is 2.62 bits per heavy atom. The van der Waals surface area contributed by atoms with Gasteiger partial charge in [-0.3, -0.25) is 14.5 Å². The second kappa shape index (κ2) is 8.51. The molecule has 1 aromatic heterocycles. The van der Waals surface area contributed by atoms with E-state index < -0.39 is 5.91 Å². The van der Waals surface area contributed by atoms with Gasteiger partial charge in [0.15, 0.2) is 0 Å². The van der Waals surface area contributed by atoms with Crippen LogP contribution in [0.25, 0.3) is 0 Å². The van der Waals surface area contributed by atoms with E-state index in [1.807, 2.05) is 31.1 Å². The van der Waals surface area contributed by atoms with Crippen molar-refractivity contribution in [3.05, 3.63) is 53.2 Å². The molecule has 1 aromatic carbocycles. The molecule has 0 unspecified atom stereocenters. The molecule has 0 saturated carbocycles. The number of carbonyl (C=O) groups is 2. The van der Waals surface area contributed by atoms with Crippen LogP contribution in [0.3, 0.4) is 0 Å². The summed E-state index contributed by atoms with van der Waals surface area (Å²) in [6.45, 7) is 0.392. The second-order valence-electron chi connectivity index (χ2n) is 6.97. The minimum absolute atomic E-state index is 0.169. The van der Waals surface area contributed by atoms with E-state index in [2.05, 4.69) is 20.5 Å². The maximum atomic E-state index is 12.9. The third kappa shape index (κ3) is 4.75. The number of nitrogens with zero attached hydrogens (tertiary/aromatic N) is 6. The Labute approximate surface area is 169 Å². The number of carbonyl (C=O) groups excluding carboxylic acids is 2. The Balaban J connectivity index is 1.79. The Hall–Kier alpha value is -3.75. The highest BCUT2D eigenvalue weighted by Crippen LogP contribution is 2.30. The van der Waals surface area contributed by atoms with E-state index in [1.54, 1.807) is 54.5 Å². The standard InChI is InChI=1S/C20H23N7O2/c1-25(2)12-21-15-9-8-14-11-27(20(29)16(14)10-15)18-7-5-6-17(23-18)19(28)24-22-13-26(3)4/h5-10,12-13H,11H2,1-4H3,(H,24,28)/b21-12?,22-13+. The van der Waals surface area contributed by atoms with E-state index in [1.165, 1.54) is 6.34 Å². The third-order valence-electron chi connectivity index (χ3n) is 4.03. The molecular weight excluding hydrogens is 370 g/mol. The lowest BCUT2D eigenvalue weighted by Crippen LogP contribution is -2.26. The average Bonchev–Trinajstić information content (AvgIpc) is 3.02. The topological polar surface area (TPSA) is 93.5 Å². The van der Waals surface area contributed by atoms with Crippen LogP contribution < -0.4 is 10.3 Å². The van der Waals surface area contributed by atoms with E-state index in [0.717, 1.165) is 5.56 Å². The van der Waals surface area contributed by atoms with Crippen molar-refractivity contribution < 1.29 is 9.59 Å². The van der Waals surface area contributed by atoms with Gasteiger partial charge < -0.3 is 9.80 Å². The summed E-state index contributed by atoms with van der Waals surface area (Å²) >= 11 is 0. The number of aromatic nitrogens is 1. The van der Waals surface area contributed by atoms with Crippen LogP contribution in [-0.2, 0) is 6.54 Å². The summed E-state index contributed by atoms with van der Waals surface area (Å²) in [6.07, 6.45) is 3.15. The quantitative estimate of drug-likeness (QED) is 0.458. The maximum Gasteiger partial charge on any atom is 0.290 e. The van der Waals surface area contributed by atoms with Gasteiger partial charge in [-0.2, -0.15) is 5.10 Å². The molecule has 0 fully saturated rings. The number of nitrogens with one attached hydrogen (secondary N) is 1. The smallest absolute Gasteiger partial charge is 0.290 e. The molecule has 150 valence electrons. The molecule has 29 heavy (non-hydrogen) atoms. The van der Waals surface area contributed by atoms with Crippen molar-refractivity contribution in [3.63, 3.8) is 0 Å². The minimum atomic E-state index is -0.450. The molecule has 0 saturated heterocycles. The van der Waals surface area contributed by atoms with Gasteiger partial charge in [0.2, 0.25) is 0 Å². The van der Waals surface area contributed by atoms with Crippen LogP contribution in [0.15, 0.2) is 46.5 Å². The highest BCUT2D eigenvalue weighted by Gasteiger charge is 2.29. The molecule has 0 atom stereocenters. The number of hydrazone groups is 1. The van der Waals surface area contributed by atoms with Crippen molar-refractivity contribution in [2.45, 2.75) is 6.54 Å². The van der Waals surface area contributed by atoms with Gasteiger partial charge >= 0.3 is 0 Å². The molecule has 0 spiro atoms. The monoisotopic (exact) mass is 393 g/mol. The van der Waals surface area contributed by atoms with E-state index in [9.17, 15) is 9.59 Å². The molecule has 0 radical (unpaired) electrons. The zero-order valence-electron chi connectivity index (χ0n) is 16.8. The van der Waals surface area contributed by atoms with Crippen LogP contribution in [0, 0.1) is 0 Å². The zero-order valence-corrected chi connectivity index (χ0v) is 16.8. The number of rotatable bonds is 6. The first kappa shape index (κ1) is 20.0. The Morgan fingerprint density at radius 1 is 1.14 bits per heavy atom. The number of pyridine rings is 1. The highest BCUT2D eigenvalue weighted by molar-refractivity contribution is 6.10. The zero-order chi connectivity index (χ0) is 21.0. The van der Waals surface area contributed by atoms with Crippen LogP contribution in [-0.4, -0.2) is 67.5 Å². The number of hydrogen-bond acceptors (Lipinski definition) is 5. The van der Waals surface area contributed by atoms with Crippen LogP contribution in [0.4, 0.5) is 11.5 Å². The van der Waals surface area contributed by atoms with Crippen molar-refractivity contribution in [1.82, 2.24) is 20.2 Å². The number of anilines is 1. The molecule has 0 aliphatic carbocycles. The van der Waals surface area contributed by atoms with Crippen molar-refractivity contribution in [2.24, 2.45) is 10.1 Å². The Kier molecular flexibility index (Phi) is 5.87. The van der Waals surface area contributed by atoms with Crippen LogP contribution in [0.1, 0.15) is 26.4 Å². The molecule has 1 N–H and O–H groups in total.